The molecule has 28 heavy (non-hydrogen) atoms. The number of urea groups is 1. The minimum Gasteiger partial charge on any atom is -0.378 e. The molecule has 1 fully saturated rings. The Morgan fingerprint density at radius 1 is 1.25 bits per heavy atom. The zero-order chi connectivity index (χ0) is 20.2. The van der Waals surface area contributed by atoms with Crippen LogP contribution < -0.4 is 5.32 Å². The molecule has 1 aromatic rings. The zero-order valence-electron chi connectivity index (χ0n) is 17.0. The molecule has 1 aliphatic heterocycles. The van der Waals surface area contributed by atoms with Crippen LogP contribution in [0.15, 0.2) is 36.9 Å². The second-order valence-corrected chi connectivity index (χ2v) is 7.46. The van der Waals surface area contributed by atoms with Crippen molar-refractivity contribution in [2.75, 3.05) is 45.2 Å². The van der Waals surface area contributed by atoms with Gasteiger partial charge in [0.2, 0.25) is 0 Å². The van der Waals surface area contributed by atoms with E-state index in [1.54, 1.807) is 17.0 Å². The highest BCUT2D eigenvalue weighted by Crippen LogP contribution is 2.16. The molecule has 5 nitrogen and oxygen atoms in total. The Morgan fingerprint density at radius 2 is 1.93 bits per heavy atom. The summed E-state index contributed by atoms with van der Waals surface area (Å²) in [5.74, 6) is -0.309. The summed E-state index contributed by atoms with van der Waals surface area (Å²) in [7, 11) is 2.12. The van der Waals surface area contributed by atoms with Gasteiger partial charge in [-0.1, -0.05) is 18.9 Å². The highest BCUT2D eigenvalue weighted by molar-refractivity contribution is 5.89. The first-order valence-electron chi connectivity index (χ1n) is 10.3. The molecule has 1 aliphatic rings. The van der Waals surface area contributed by atoms with E-state index in [0.29, 0.717) is 18.8 Å². The highest BCUT2D eigenvalue weighted by Gasteiger charge is 2.23. The van der Waals surface area contributed by atoms with Crippen molar-refractivity contribution in [2.24, 2.45) is 0 Å². The molecular weight excluding hydrogens is 357 g/mol. The first-order chi connectivity index (χ1) is 13.6. The monoisotopic (exact) mass is 391 g/mol. The number of halogens is 1. The lowest BCUT2D eigenvalue weighted by Gasteiger charge is -2.32. The van der Waals surface area contributed by atoms with Crippen molar-refractivity contribution < 1.29 is 13.9 Å². The third-order valence-electron chi connectivity index (χ3n) is 5.05. The summed E-state index contributed by atoms with van der Waals surface area (Å²) in [5.41, 5.74) is 0.612. The van der Waals surface area contributed by atoms with Crippen LogP contribution in [-0.2, 0) is 4.74 Å². The zero-order valence-corrected chi connectivity index (χ0v) is 17.0. The number of carbonyl (C=O) groups excluding carboxylic acids is 1. The normalized spacial score (nSPS) is 15.0. The summed E-state index contributed by atoms with van der Waals surface area (Å²) in [4.78, 5) is 16.4. The summed E-state index contributed by atoms with van der Waals surface area (Å²) in [6.45, 7) is 7.99. The van der Waals surface area contributed by atoms with E-state index < -0.39 is 0 Å². The molecule has 0 aliphatic carbocycles. The quantitative estimate of drug-likeness (QED) is 0.446. The van der Waals surface area contributed by atoms with Gasteiger partial charge in [-0.25, -0.2) is 9.18 Å². The predicted octanol–water partition coefficient (Wildman–Crippen LogP) is 4.52. The first-order valence-corrected chi connectivity index (χ1v) is 10.3. The van der Waals surface area contributed by atoms with Gasteiger partial charge in [0.25, 0.3) is 0 Å². The molecule has 156 valence electrons. The van der Waals surface area contributed by atoms with Gasteiger partial charge in [0.05, 0.1) is 6.10 Å². The Bertz CT molecular complexity index is 586. The Hall–Kier alpha value is -1.92. The maximum Gasteiger partial charge on any atom is 0.321 e. The van der Waals surface area contributed by atoms with Gasteiger partial charge in [-0.05, 0) is 63.5 Å². The standard InChI is InChI=1S/C22H34FN3O2/c1-3-14-25(2)15-6-4-5-7-18-28-21-12-16-26(17-13-21)22(27)24-20-10-8-19(23)9-11-20/h3,8-11,21H,1,4-7,12-18H2,2H3,(H,24,27). The Kier molecular flexibility index (Phi) is 10.0. The molecule has 6 heteroatoms. The third kappa shape index (κ3) is 8.40. The fourth-order valence-corrected chi connectivity index (χ4v) is 3.36. The van der Waals surface area contributed by atoms with E-state index in [9.17, 15) is 9.18 Å². The number of likely N-dealkylation sites (N-methyl/N-ethyl adjacent to an activating group) is 1. The van der Waals surface area contributed by atoms with Crippen molar-refractivity contribution in [3.8, 4) is 0 Å². The van der Waals surface area contributed by atoms with Crippen LogP contribution in [0.3, 0.4) is 0 Å². The smallest absolute Gasteiger partial charge is 0.321 e. The van der Waals surface area contributed by atoms with E-state index in [1.165, 1.54) is 31.4 Å². The molecule has 1 N–H and O–H groups in total. The molecule has 0 unspecified atom stereocenters. The molecule has 1 heterocycles. The number of carbonyl (C=O) groups is 1. The third-order valence-corrected chi connectivity index (χ3v) is 5.05. The number of amides is 2. The van der Waals surface area contributed by atoms with Crippen LogP contribution in [0.2, 0.25) is 0 Å². The van der Waals surface area contributed by atoms with E-state index in [-0.39, 0.29) is 18.0 Å². The minimum absolute atomic E-state index is 0.133. The molecule has 2 amide bonds. The number of anilines is 1. The predicted molar refractivity (Wildman–Crippen MR) is 112 cm³/mol. The minimum atomic E-state index is -0.309. The van der Waals surface area contributed by atoms with E-state index in [4.69, 9.17) is 4.74 Å². The number of likely N-dealkylation sites (tertiary alicyclic amines) is 1. The van der Waals surface area contributed by atoms with E-state index in [2.05, 4.69) is 23.8 Å². The van der Waals surface area contributed by atoms with Crippen molar-refractivity contribution in [3.63, 3.8) is 0 Å². The largest absolute Gasteiger partial charge is 0.378 e. The van der Waals surface area contributed by atoms with Crippen LogP contribution in [0, 0.1) is 5.82 Å². The number of benzene rings is 1. The van der Waals surface area contributed by atoms with Gasteiger partial charge in [0.1, 0.15) is 5.82 Å². The fourth-order valence-electron chi connectivity index (χ4n) is 3.36. The van der Waals surface area contributed by atoms with Crippen LogP contribution in [0.5, 0.6) is 0 Å². The lowest BCUT2D eigenvalue weighted by atomic mass is 10.1. The number of rotatable bonds is 11. The summed E-state index contributed by atoms with van der Waals surface area (Å²) < 4.78 is 18.9. The Labute approximate surface area is 168 Å². The van der Waals surface area contributed by atoms with Gasteiger partial charge in [-0.3, -0.25) is 0 Å². The van der Waals surface area contributed by atoms with Crippen LogP contribution in [-0.4, -0.2) is 61.8 Å². The number of unbranched alkanes of at least 4 members (excludes halogenated alkanes) is 3. The number of hydrogen-bond acceptors (Lipinski definition) is 3. The molecule has 0 radical (unpaired) electrons. The molecular formula is C22H34FN3O2. The van der Waals surface area contributed by atoms with Crippen LogP contribution >= 0.6 is 0 Å². The Morgan fingerprint density at radius 3 is 2.61 bits per heavy atom. The SMILES string of the molecule is C=CCN(C)CCCCCCOC1CCN(C(=O)Nc2ccc(F)cc2)CC1. The Balaban J connectivity index is 1.52. The summed E-state index contributed by atoms with van der Waals surface area (Å²) >= 11 is 0. The lowest BCUT2D eigenvalue weighted by Crippen LogP contribution is -2.43. The van der Waals surface area contributed by atoms with Crippen LogP contribution in [0.25, 0.3) is 0 Å². The maximum atomic E-state index is 12.9. The summed E-state index contributed by atoms with van der Waals surface area (Å²) in [6, 6.07) is 5.69. The van der Waals surface area contributed by atoms with Gasteiger partial charge < -0.3 is 19.9 Å². The van der Waals surface area contributed by atoms with E-state index >= 15 is 0 Å². The van der Waals surface area contributed by atoms with Gasteiger partial charge in [-0.15, -0.1) is 6.58 Å². The second kappa shape index (κ2) is 12.5. The van der Waals surface area contributed by atoms with Crippen molar-refractivity contribution >= 4 is 11.7 Å². The van der Waals surface area contributed by atoms with Gasteiger partial charge in [-0.2, -0.15) is 0 Å². The number of nitrogens with one attached hydrogen (secondary N) is 1. The topological polar surface area (TPSA) is 44.8 Å². The molecule has 2 rings (SSSR count). The first kappa shape index (κ1) is 22.4. The molecule has 0 aromatic heterocycles. The van der Waals surface area contributed by atoms with Crippen molar-refractivity contribution in [2.45, 2.75) is 44.6 Å². The number of ether oxygens (including phenoxy) is 1. The molecule has 0 bridgehead atoms. The molecule has 1 saturated heterocycles. The lowest BCUT2D eigenvalue weighted by molar-refractivity contribution is 0.0140. The number of hydrogen-bond donors (Lipinski definition) is 1. The van der Waals surface area contributed by atoms with Gasteiger partial charge >= 0.3 is 6.03 Å². The summed E-state index contributed by atoms with van der Waals surface area (Å²) in [5, 5.41) is 2.81. The molecule has 0 saturated carbocycles. The number of nitrogens with zero attached hydrogens (tertiary/aromatic N) is 2. The second-order valence-electron chi connectivity index (χ2n) is 7.46. The molecule has 0 atom stereocenters. The van der Waals surface area contributed by atoms with Crippen molar-refractivity contribution in [3.05, 3.63) is 42.7 Å². The molecule has 1 aromatic carbocycles. The van der Waals surface area contributed by atoms with Crippen LogP contribution in [0.4, 0.5) is 14.9 Å². The van der Waals surface area contributed by atoms with Crippen molar-refractivity contribution in [1.82, 2.24) is 9.80 Å². The number of piperidine rings is 1. The van der Waals surface area contributed by atoms with Crippen molar-refractivity contribution in [1.29, 1.82) is 0 Å². The summed E-state index contributed by atoms with van der Waals surface area (Å²) in [6.07, 6.45) is 8.64. The van der Waals surface area contributed by atoms with Crippen LogP contribution in [0.1, 0.15) is 38.5 Å². The average Bonchev–Trinajstić information content (AvgIpc) is 2.69. The van der Waals surface area contributed by atoms with E-state index in [1.807, 2.05) is 6.08 Å². The van der Waals surface area contributed by atoms with E-state index in [0.717, 1.165) is 39.0 Å². The van der Waals surface area contributed by atoms with Gasteiger partial charge in [0, 0.05) is 31.9 Å². The maximum absolute atomic E-state index is 12.9. The highest BCUT2D eigenvalue weighted by atomic mass is 19.1. The fraction of sp³-hybridized carbons (Fsp3) is 0.591. The van der Waals surface area contributed by atoms with Gasteiger partial charge in [0.15, 0.2) is 0 Å². The average molecular weight is 392 g/mol. The molecule has 0 spiro atoms.